The molecule has 3 aliphatic rings. The van der Waals surface area contributed by atoms with E-state index in [1.54, 1.807) is 72.7 Å². The van der Waals surface area contributed by atoms with Gasteiger partial charge in [-0.15, -0.1) is 0 Å². The van der Waals surface area contributed by atoms with Gasteiger partial charge in [0.15, 0.2) is 11.5 Å². The number of piperidine rings is 3. The molecule has 0 unspecified atom stereocenters. The molecule has 7 rings (SSSR count). The standard InChI is InChI=1S/C37H38Cl2N4O6/c1-46-32-11-10-26(16-34(32)47-2)33(18-29-30(38)19-41-20-31(29)39)48-36(44)25-8-6-23(7-9-25)21-43(28-5-3-4-27(40)17-28)37(45)49-35-22-42-14-12-24(35)13-15-42/h3-11,16-17,19-20,24,33,35H,12-15,18,21-22,40H2,1-2H3/t33-,35-/m0/s1. The summed E-state index contributed by atoms with van der Waals surface area (Å²) in [6.45, 7) is 3.06. The van der Waals surface area contributed by atoms with Gasteiger partial charge in [-0.05, 0) is 91.0 Å². The van der Waals surface area contributed by atoms with Crippen LogP contribution in [0.4, 0.5) is 16.2 Å². The predicted molar refractivity (Wildman–Crippen MR) is 189 cm³/mol. The number of nitrogen functional groups attached to an aromatic ring is 1. The highest BCUT2D eigenvalue weighted by molar-refractivity contribution is 6.35. The second-order valence-corrected chi connectivity index (χ2v) is 13.0. The molecule has 0 aliphatic carbocycles. The molecule has 3 aliphatic heterocycles. The Morgan fingerprint density at radius 1 is 0.959 bits per heavy atom. The summed E-state index contributed by atoms with van der Waals surface area (Å²) in [6, 6.07) is 19.4. The van der Waals surface area contributed by atoms with E-state index in [4.69, 9.17) is 47.9 Å². The fourth-order valence-corrected chi connectivity index (χ4v) is 6.94. The van der Waals surface area contributed by atoms with Gasteiger partial charge in [-0.2, -0.15) is 0 Å². The van der Waals surface area contributed by atoms with Crippen LogP contribution in [0.2, 0.25) is 10.0 Å². The summed E-state index contributed by atoms with van der Waals surface area (Å²) in [5.74, 6) is 0.832. The molecule has 3 aromatic carbocycles. The number of aromatic nitrogens is 1. The third kappa shape index (κ3) is 8.04. The monoisotopic (exact) mass is 704 g/mol. The number of carbonyl (C=O) groups excluding carboxylic acids is 2. The third-order valence-corrected chi connectivity index (χ3v) is 9.80. The Hall–Kier alpha value is -4.51. The van der Waals surface area contributed by atoms with Gasteiger partial charge < -0.3 is 24.7 Å². The van der Waals surface area contributed by atoms with Crippen LogP contribution < -0.4 is 20.1 Å². The summed E-state index contributed by atoms with van der Waals surface area (Å²) in [6.07, 6.45) is 3.89. The fourth-order valence-electron chi connectivity index (χ4n) is 6.42. The number of carbonyl (C=O) groups is 2. The molecule has 49 heavy (non-hydrogen) atoms. The number of hydrogen-bond donors (Lipinski definition) is 1. The van der Waals surface area contributed by atoms with Crippen molar-refractivity contribution in [2.45, 2.75) is 38.0 Å². The van der Waals surface area contributed by atoms with Gasteiger partial charge in [0, 0.05) is 36.7 Å². The number of pyridine rings is 1. The Balaban J connectivity index is 1.21. The van der Waals surface area contributed by atoms with Crippen molar-refractivity contribution >= 4 is 46.6 Å². The second kappa shape index (κ2) is 15.4. The average molecular weight is 706 g/mol. The van der Waals surface area contributed by atoms with E-state index in [1.165, 1.54) is 19.5 Å². The van der Waals surface area contributed by atoms with E-state index in [-0.39, 0.29) is 19.1 Å². The van der Waals surface area contributed by atoms with E-state index in [1.807, 2.05) is 6.07 Å². The van der Waals surface area contributed by atoms with Crippen LogP contribution in [-0.4, -0.2) is 61.9 Å². The molecule has 10 nitrogen and oxygen atoms in total. The Morgan fingerprint density at radius 3 is 2.31 bits per heavy atom. The minimum absolute atomic E-state index is 0.147. The number of nitrogens with two attached hydrogens (primary N) is 1. The first-order valence-corrected chi connectivity index (χ1v) is 16.8. The molecule has 4 heterocycles. The molecule has 2 bridgehead atoms. The van der Waals surface area contributed by atoms with E-state index >= 15 is 0 Å². The molecule has 256 valence electrons. The molecule has 4 aromatic rings. The van der Waals surface area contributed by atoms with E-state index in [0.29, 0.717) is 55.5 Å². The van der Waals surface area contributed by atoms with Crippen molar-refractivity contribution in [3.05, 3.63) is 111 Å². The van der Waals surface area contributed by atoms with Gasteiger partial charge in [0.1, 0.15) is 12.2 Å². The summed E-state index contributed by atoms with van der Waals surface area (Å²) >= 11 is 12.9. The Morgan fingerprint density at radius 2 is 1.67 bits per heavy atom. The van der Waals surface area contributed by atoms with E-state index in [2.05, 4.69) is 9.88 Å². The molecule has 1 amide bonds. The second-order valence-electron chi connectivity index (χ2n) is 12.2. The summed E-state index contributed by atoms with van der Waals surface area (Å²) < 4.78 is 23.1. The lowest BCUT2D eigenvalue weighted by Gasteiger charge is -2.44. The van der Waals surface area contributed by atoms with Crippen LogP contribution in [0.3, 0.4) is 0 Å². The van der Waals surface area contributed by atoms with Gasteiger partial charge in [-0.1, -0.05) is 47.5 Å². The number of halogens is 2. The minimum Gasteiger partial charge on any atom is -0.493 e. The lowest BCUT2D eigenvalue weighted by atomic mass is 9.86. The highest BCUT2D eigenvalue weighted by Crippen LogP contribution is 2.36. The minimum atomic E-state index is -0.774. The SMILES string of the molecule is COc1ccc([C@H](Cc2c(Cl)cncc2Cl)OC(=O)c2ccc(CN(C(=O)O[C@H]3CN4CCC3CC4)c3cccc(N)c3)cc2)cc1OC. The van der Waals surface area contributed by atoms with Crippen molar-refractivity contribution in [3.63, 3.8) is 0 Å². The molecular weight excluding hydrogens is 667 g/mol. The van der Waals surface area contributed by atoms with Crippen LogP contribution in [0, 0.1) is 5.92 Å². The molecule has 0 radical (unpaired) electrons. The number of esters is 1. The van der Waals surface area contributed by atoms with Crippen molar-refractivity contribution in [2.75, 3.05) is 44.5 Å². The van der Waals surface area contributed by atoms with Crippen molar-refractivity contribution in [2.24, 2.45) is 5.92 Å². The summed E-state index contributed by atoms with van der Waals surface area (Å²) in [5, 5.41) is 0.713. The van der Waals surface area contributed by atoms with Crippen LogP contribution >= 0.6 is 23.2 Å². The normalized spacial score (nSPS) is 18.7. The fraction of sp³-hybridized carbons (Fsp3) is 0.324. The largest absolute Gasteiger partial charge is 0.493 e. The maximum Gasteiger partial charge on any atom is 0.414 e. The first-order valence-electron chi connectivity index (χ1n) is 16.1. The summed E-state index contributed by atoms with van der Waals surface area (Å²) in [7, 11) is 3.08. The molecule has 2 atom stereocenters. The quantitative estimate of drug-likeness (QED) is 0.126. The lowest BCUT2D eigenvalue weighted by Crippen LogP contribution is -2.53. The first kappa shape index (κ1) is 34.4. The van der Waals surface area contributed by atoms with Gasteiger partial charge in [0.25, 0.3) is 0 Å². The van der Waals surface area contributed by atoms with Crippen molar-refractivity contribution in [3.8, 4) is 11.5 Å². The van der Waals surface area contributed by atoms with Crippen molar-refractivity contribution in [1.82, 2.24) is 9.88 Å². The van der Waals surface area contributed by atoms with Gasteiger partial charge >= 0.3 is 12.1 Å². The van der Waals surface area contributed by atoms with Crippen LogP contribution in [0.1, 0.15) is 46.0 Å². The van der Waals surface area contributed by atoms with Crippen molar-refractivity contribution in [1.29, 1.82) is 0 Å². The molecule has 0 saturated carbocycles. The smallest absolute Gasteiger partial charge is 0.414 e. The highest BCUT2D eigenvalue weighted by Gasteiger charge is 2.37. The molecule has 12 heteroatoms. The molecule has 2 N–H and O–H groups in total. The number of anilines is 2. The molecule has 0 spiro atoms. The Kier molecular flexibility index (Phi) is 10.8. The zero-order chi connectivity index (χ0) is 34.5. The van der Waals surface area contributed by atoms with Gasteiger partial charge in [0.2, 0.25) is 0 Å². The maximum absolute atomic E-state index is 13.6. The lowest BCUT2D eigenvalue weighted by molar-refractivity contribution is -0.0311. The van der Waals surface area contributed by atoms with Crippen molar-refractivity contribution < 1.29 is 28.5 Å². The Labute approximate surface area is 295 Å². The maximum atomic E-state index is 13.6. The van der Waals surface area contributed by atoms with Gasteiger partial charge in [0.05, 0.1) is 36.4 Å². The number of benzene rings is 3. The predicted octanol–water partition coefficient (Wildman–Crippen LogP) is 7.37. The van der Waals surface area contributed by atoms with Crippen LogP contribution in [0.25, 0.3) is 0 Å². The van der Waals surface area contributed by atoms with Gasteiger partial charge in [-0.3, -0.25) is 14.8 Å². The third-order valence-electron chi connectivity index (χ3n) is 9.15. The highest BCUT2D eigenvalue weighted by atomic mass is 35.5. The Bertz CT molecular complexity index is 1780. The number of rotatable bonds is 11. The zero-order valence-corrected chi connectivity index (χ0v) is 28.8. The first-order chi connectivity index (χ1) is 23.7. The van der Waals surface area contributed by atoms with E-state index in [0.717, 1.165) is 38.0 Å². The van der Waals surface area contributed by atoms with E-state index < -0.39 is 18.2 Å². The number of methoxy groups -OCH3 is 2. The number of ether oxygens (including phenoxy) is 4. The summed E-state index contributed by atoms with van der Waals surface area (Å²) in [4.78, 5) is 35.2. The number of fused-ring (bicyclic) bond motifs is 3. The van der Waals surface area contributed by atoms with Crippen LogP contribution in [-0.2, 0) is 22.4 Å². The van der Waals surface area contributed by atoms with E-state index in [9.17, 15) is 9.59 Å². The number of amides is 1. The summed E-state index contributed by atoms with van der Waals surface area (Å²) in [5.41, 5.74) is 9.61. The van der Waals surface area contributed by atoms with Crippen LogP contribution in [0.5, 0.6) is 11.5 Å². The topological polar surface area (TPSA) is 116 Å². The number of hydrogen-bond acceptors (Lipinski definition) is 9. The zero-order valence-electron chi connectivity index (χ0n) is 27.3. The molecular formula is C37H38Cl2N4O6. The molecule has 1 aromatic heterocycles. The number of nitrogens with zero attached hydrogens (tertiary/aromatic N) is 3. The molecule has 3 fully saturated rings. The average Bonchev–Trinajstić information content (AvgIpc) is 3.12. The molecule has 3 saturated heterocycles. The van der Waals surface area contributed by atoms with Gasteiger partial charge in [-0.25, -0.2) is 9.59 Å². The van der Waals surface area contributed by atoms with Crippen LogP contribution in [0.15, 0.2) is 79.1 Å².